The molecule has 0 N–H and O–H groups in total. The van der Waals surface area contributed by atoms with Crippen LogP contribution in [-0.2, 0) is 6.18 Å². The van der Waals surface area contributed by atoms with E-state index in [4.69, 9.17) is 0 Å². The molecular formula is C24H37F3N2. The summed E-state index contributed by atoms with van der Waals surface area (Å²) in [6.45, 7) is 2.27. The van der Waals surface area contributed by atoms with Gasteiger partial charge in [-0.25, -0.2) is 9.97 Å². The first-order valence-electron chi connectivity index (χ1n) is 11.9. The van der Waals surface area contributed by atoms with Gasteiger partial charge >= 0.3 is 6.18 Å². The van der Waals surface area contributed by atoms with E-state index in [1.807, 2.05) is 0 Å². The fourth-order valence-electron chi connectivity index (χ4n) is 5.60. The average molecular weight is 411 g/mol. The van der Waals surface area contributed by atoms with Crippen molar-refractivity contribution in [2.75, 3.05) is 0 Å². The van der Waals surface area contributed by atoms with Crippen molar-refractivity contribution >= 4 is 0 Å². The van der Waals surface area contributed by atoms with Crippen molar-refractivity contribution < 1.29 is 13.2 Å². The van der Waals surface area contributed by atoms with Crippen LogP contribution in [0.1, 0.15) is 114 Å². The molecule has 2 aliphatic carbocycles. The van der Waals surface area contributed by atoms with Gasteiger partial charge in [0.05, 0.1) is 0 Å². The fraction of sp³-hybridized carbons (Fsp3) is 0.833. The van der Waals surface area contributed by atoms with Crippen LogP contribution < -0.4 is 0 Å². The average Bonchev–Trinajstić information content (AvgIpc) is 2.74. The number of unbranched alkanes of at least 4 members (excludes halogenated alkanes) is 4. The van der Waals surface area contributed by atoms with E-state index < -0.39 is 12.0 Å². The molecule has 1 heterocycles. The second kappa shape index (κ2) is 10.8. The number of halogens is 3. The molecule has 3 rings (SSSR count). The molecule has 5 heteroatoms. The summed E-state index contributed by atoms with van der Waals surface area (Å²) in [5.74, 6) is 1.93. The lowest BCUT2D eigenvalue weighted by molar-refractivity contribution is -0.145. The van der Waals surface area contributed by atoms with Gasteiger partial charge in [0.2, 0.25) is 5.82 Å². The number of aromatic nitrogens is 2. The molecular weight excluding hydrogens is 373 g/mol. The minimum Gasteiger partial charge on any atom is -0.233 e. The summed E-state index contributed by atoms with van der Waals surface area (Å²) in [6.07, 6.45) is 16.8. The first-order valence-corrected chi connectivity index (χ1v) is 11.9. The van der Waals surface area contributed by atoms with Gasteiger partial charge in [-0.2, -0.15) is 13.2 Å². The largest absolute Gasteiger partial charge is 0.451 e. The minimum atomic E-state index is -4.45. The topological polar surface area (TPSA) is 25.8 Å². The van der Waals surface area contributed by atoms with Crippen LogP contribution in [0.4, 0.5) is 13.2 Å². The van der Waals surface area contributed by atoms with E-state index in [9.17, 15) is 13.2 Å². The number of rotatable bonds is 8. The summed E-state index contributed by atoms with van der Waals surface area (Å²) in [6, 6.07) is 0. The molecule has 29 heavy (non-hydrogen) atoms. The maximum absolute atomic E-state index is 12.6. The summed E-state index contributed by atoms with van der Waals surface area (Å²) in [5.41, 5.74) is 0.878. The van der Waals surface area contributed by atoms with Crippen LogP contribution in [0.15, 0.2) is 12.4 Å². The van der Waals surface area contributed by atoms with E-state index in [1.54, 1.807) is 0 Å². The van der Waals surface area contributed by atoms with Gasteiger partial charge in [-0.05, 0) is 67.8 Å². The normalized spacial score (nSPS) is 28.4. The van der Waals surface area contributed by atoms with Crippen LogP contribution in [0.2, 0.25) is 0 Å². The lowest BCUT2D eigenvalue weighted by atomic mass is 9.68. The van der Waals surface area contributed by atoms with Crippen LogP contribution in [0.5, 0.6) is 0 Å². The molecule has 0 radical (unpaired) electrons. The molecule has 0 unspecified atom stereocenters. The Morgan fingerprint density at radius 2 is 1.34 bits per heavy atom. The maximum Gasteiger partial charge on any atom is 0.451 e. The lowest BCUT2D eigenvalue weighted by Gasteiger charge is -2.38. The Balaban J connectivity index is 1.37. The predicted octanol–water partition coefficient (Wildman–Crippen LogP) is 7.94. The van der Waals surface area contributed by atoms with Crippen LogP contribution >= 0.6 is 0 Å². The van der Waals surface area contributed by atoms with Crippen LogP contribution in [0, 0.1) is 17.8 Å². The molecule has 1 aromatic heterocycles. The van der Waals surface area contributed by atoms with Crippen LogP contribution in [-0.4, -0.2) is 9.97 Å². The molecule has 1 aromatic rings. The molecule has 0 saturated heterocycles. The predicted molar refractivity (Wildman–Crippen MR) is 111 cm³/mol. The third-order valence-electron chi connectivity index (χ3n) is 7.44. The molecule has 0 amide bonds. The van der Waals surface area contributed by atoms with Crippen molar-refractivity contribution in [3.63, 3.8) is 0 Å². The van der Waals surface area contributed by atoms with Crippen molar-refractivity contribution in [1.29, 1.82) is 0 Å². The van der Waals surface area contributed by atoms with Crippen molar-refractivity contribution in [3.05, 3.63) is 23.8 Å². The minimum absolute atomic E-state index is 0.327. The first kappa shape index (κ1) is 22.6. The Hall–Kier alpha value is -1.13. The van der Waals surface area contributed by atoms with E-state index in [-0.39, 0.29) is 0 Å². The second-order valence-corrected chi connectivity index (χ2v) is 9.43. The number of hydrogen-bond acceptors (Lipinski definition) is 2. The van der Waals surface area contributed by atoms with E-state index in [0.29, 0.717) is 5.92 Å². The molecule has 0 bridgehead atoms. The van der Waals surface area contributed by atoms with Crippen molar-refractivity contribution in [3.8, 4) is 0 Å². The molecule has 2 saturated carbocycles. The molecule has 2 fully saturated rings. The highest BCUT2D eigenvalue weighted by atomic mass is 19.4. The smallest absolute Gasteiger partial charge is 0.233 e. The molecule has 0 aliphatic heterocycles. The van der Waals surface area contributed by atoms with Crippen molar-refractivity contribution in [1.82, 2.24) is 9.97 Å². The molecule has 2 aliphatic rings. The highest BCUT2D eigenvalue weighted by Crippen LogP contribution is 2.44. The van der Waals surface area contributed by atoms with E-state index in [1.165, 1.54) is 89.4 Å². The van der Waals surface area contributed by atoms with Gasteiger partial charge in [-0.15, -0.1) is 0 Å². The quantitative estimate of drug-likeness (QED) is 0.407. The van der Waals surface area contributed by atoms with Gasteiger partial charge in [0, 0.05) is 12.4 Å². The third kappa shape index (κ3) is 6.68. The Morgan fingerprint density at radius 3 is 1.90 bits per heavy atom. The van der Waals surface area contributed by atoms with Crippen LogP contribution in [0.25, 0.3) is 0 Å². The van der Waals surface area contributed by atoms with Crippen LogP contribution in [0.3, 0.4) is 0 Å². The highest BCUT2D eigenvalue weighted by Gasteiger charge is 2.35. The van der Waals surface area contributed by atoms with Gasteiger partial charge in [0.25, 0.3) is 0 Å². The summed E-state index contributed by atoms with van der Waals surface area (Å²) >= 11 is 0. The van der Waals surface area contributed by atoms with Gasteiger partial charge in [0.1, 0.15) is 0 Å². The monoisotopic (exact) mass is 410 g/mol. The molecule has 164 valence electrons. The van der Waals surface area contributed by atoms with Gasteiger partial charge in [-0.3, -0.25) is 0 Å². The van der Waals surface area contributed by atoms with Gasteiger partial charge in [0.15, 0.2) is 0 Å². The van der Waals surface area contributed by atoms with Gasteiger partial charge in [-0.1, -0.05) is 58.3 Å². The lowest BCUT2D eigenvalue weighted by Crippen LogP contribution is -2.25. The zero-order valence-electron chi connectivity index (χ0n) is 17.9. The Labute approximate surface area is 174 Å². The zero-order chi connectivity index (χ0) is 20.7. The summed E-state index contributed by atoms with van der Waals surface area (Å²) in [5, 5.41) is 0. The molecule has 2 nitrogen and oxygen atoms in total. The third-order valence-corrected chi connectivity index (χ3v) is 7.44. The standard InChI is InChI=1S/C24H37F3N2/c1-2-3-4-5-6-7-18-8-10-19(11-9-18)20-12-14-21(15-13-20)22-16-28-23(29-17-22)24(25,26)27/h16-21H,2-15H2,1H3. The Morgan fingerprint density at radius 1 is 0.793 bits per heavy atom. The van der Waals surface area contributed by atoms with E-state index in [2.05, 4.69) is 16.9 Å². The van der Waals surface area contributed by atoms with Crippen molar-refractivity contribution in [2.24, 2.45) is 17.8 Å². The van der Waals surface area contributed by atoms with E-state index in [0.717, 1.165) is 36.2 Å². The molecule has 0 atom stereocenters. The summed E-state index contributed by atoms with van der Waals surface area (Å²) in [7, 11) is 0. The second-order valence-electron chi connectivity index (χ2n) is 9.43. The Kier molecular flexibility index (Phi) is 8.37. The number of nitrogens with zero attached hydrogens (tertiary/aromatic N) is 2. The number of hydrogen-bond donors (Lipinski definition) is 0. The summed E-state index contributed by atoms with van der Waals surface area (Å²) in [4.78, 5) is 7.09. The number of alkyl halides is 3. The molecule has 0 aromatic carbocycles. The van der Waals surface area contributed by atoms with E-state index >= 15 is 0 Å². The zero-order valence-corrected chi connectivity index (χ0v) is 17.9. The first-order chi connectivity index (χ1) is 14.0. The van der Waals surface area contributed by atoms with Crippen molar-refractivity contribution in [2.45, 2.75) is 109 Å². The highest BCUT2D eigenvalue weighted by molar-refractivity contribution is 5.13. The summed E-state index contributed by atoms with van der Waals surface area (Å²) < 4.78 is 37.9. The fourth-order valence-corrected chi connectivity index (χ4v) is 5.60. The molecule has 0 spiro atoms. The maximum atomic E-state index is 12.6. The van der Waals surface area contributed by atoms with Gasteiger partial charge < -0.3 is 0 Å². The Bertz CT molecular complexity index is 583. The SMILES string of the molecule is CCCCCCCC1CCC(C2CCC(c3cnc(C(F)(F)F)nc3)CC2)CC1.